The fourth-order valence-electron chi connectivity index (χ4n) is 4.96. The molecule has 2 atom stereocenters. The van der Waals surface area contributed by atoms with Crippen molar-refractivity contribution in [3.63, 3.8) is 0 Å². The Labute approximate surface area is 279 Å². The summed E-state index contributed by atoms with van der Waals surface area (Å²) in [4.78, 5) is 38.6. The summed E-state index contributed by atoms with van der Waals surface area (Å²) in [7, 11) is 3.30. The number of hydrogen-bond acceptors (Lipinski definition) is 4. The Morgan fingerprint density at radius 2 is 1.74 bits per heavy atom. The number of carbonyl (C=O) groups excluding carboxylic acids is 3. The van der Waals surface area contributed by atoms with Gasteiger partial charge in [-0.25, -0.2) is 4.39 Å². The van der Waals surface area contributed by atoms with Gasteiger partial charge in [0, 0.05) is 58.7 Å². The first-order valence-electron chi connectivity index (χ1n) is 16.7. The molecule has 1 aliphatic carbocycles. The highest BCUT2D eigenvalue weighted by atomic mass is 19.1. The summed E-state index contributed by atoms with van der Waals surface area (Å²) in [6.45, 7) is 7.09. The van der Waals surface area contributed by atoms with E-state index in [9.17, 15) is 18.8 Å². The van der Waals surface area contributed by atoms with E-state index in [4.69, 9.17) is 12.8 Å². The van der Waals surface area contributed by atoms with Crippen LogP contribution in [0.5, 0.6) is 0 Å². The first kappa shape index (κ1) is 42.4. The fourth-order valence-corrected chi connectivity index (χ4v) is 4.96. The molecule has 0 aliphatic heterocycles. The molecule has 2 rings (SSSR count). The largest absolute Gasteiger partial charge is 0.356 e. The van der Waals surface area contributed by atoms with Crippen molar-refractivity contribution < 1.29 is 18.8 Å². The maximum Gasteiger partial charge on any atom is 0.227 e. The Morgan fingerprint density at radius 1 is 1.07 bits per heavy atom. The van der Waals surface area contributed by atoms with Crippen LogP contribution < -0.4 is 10.6 Å². The number of terminal acetylenes is 2. The van der Waals surface area contributed by atoms with Gasteiger partial charge in [0.1, 0.15) is 6.80 Å². The molecule has 2 N–H and O–H groups in total. The van der Waals surface area contributed by atoms with Gasteiger partial charge in [-0.1, -0.05) is 88.6 Å². The molecule has 1 aromatic rings. The summed E-state index contributed by atoms with van der Waals surface area (Å²) in [5, 5.41) is 5.45. The summed E-state index contributed by atoms with van der Waals surface area (Å²) in [5.41, 5.74) is 0.973. The maximum atomic E-state index is 12.5. The number of carbonyl (C=O) groups is 3. The highest BCUT2D eigenvalue weighted by molar-refractivity contribution is 5.86. The molecule has 0 saturated heterocycles. The highest BCUT2D eigenvalue weighted by Gasteiger charge is 2.23. The Balaban J connectivity index is 0.000000829. The summed E-state index contributed by atoms with van der Waals surface area (Å²) in [5.74, 6) is 5.62. The van der Waals surface area contributed by atoms with Crippen LogP contribution in [0.4, 0.5) is 4.39 Å². The van der Waals surface area contributed by atoms with Crippen molar-refractivity contribution in [3.8, 4) is 24.7 Å². The lowest BCUT2D eigenvalue weighted by Gasteiger charge is -2.23. The number of nitrogens with zero attached hydrogens (tertiary/aromatic N) is 2. The molecule has 1 unspecified atom stereocenters. The lowest BCUT2D eigenvalue weighted by molar-refractivity contribution is -0.135. The second-order valence-corrected chi connectivity index (χ2v) is 12.2. The van der Waals surface area contributed by atoms with E-state index in [1.807, 2.05) is 30.3 Å². The van der Waals surface area contributed by atoms with Crippen LogP contribution in [0.1, 0.15) is 90.5 Å². The SMILES string of the molecule is C#C/C=C/NC(=O)[C@@H](CC(=O)N(C)CCN(C)CF)Cc1ccccc1.C#CCCC(CCC)CNC(C)=O.CC1CCCCC1. The summed E-state index contributed by atoms with van der Waals surface area (Å²) < 4.78 is 12.5. The molecule has 1 fully saturated rings. The zero-order valence-corrected chi connectivity index (χ0v) is 29.0. The van der Waals surface area contributed by atoms with Gasteiger partial charge in [-0.15, -0.1) is 18.8 Å². The average Bonchev–Trinajstić information content (AvgIpc) is 3.05. The van der Waals surface area contributed by atoms with Crippen molar-refractivity contribution in [3.05, 3.63) is 48.2 Å². The topological polar surface area (TPSA) is 81.8 Å². The highest BCUT2D eigenvalue weighted by Crippen LogP contribution is 2.22. The smallest absolute Gasteiger partial charge is 0.227 e. The number of amides is 3. The Bertz CT molecular complexity index is 1070. The van der Waals surface area contributed by atoms with Crippen molar-refractivity contribution in [1.29, 1.82) is 0 Å². The maximum absolute atomic E-state index is 12.5. The predicted molar refractivity (Wildman–Crippen MR) is 188 cm³/mol. The van der Waals surface area contributed by atoms with Crippen LogP contribution in [0.15, 0.2) is 42.6 Å². The summed E-state index contributed by atoms with van der Waals surface area (Å²) in [6, 6.07) is 9.52. The van der Waals surface area contributed by atoms with Crippen molar-refractivity contribution in [2.45, 2.75) is 91.4 Å². The van der Waals surface area contributed by atoms with Crippen LogP contribution in [-0.2, 0) is 20.8 Å². The van der Waals surface area contributed by atoms with Gasteiger partial charge in [0.2, 0.25) is 17.7 Å². The van der Waals surface area contributed by atoms with Crippen LogP contribution >= 0.6 is 0 Å². The zero-order chi connectivity index (χ0) is 34.6. The molecule has 0 spiro atoms. The third kappa shape index (κ3) is 22.8. The molecule has 256 valence electrons. The van der Waals surface area contributed by atoms with Crippen LogP contribution in [0.3, 0.4) is 0 Å². The van der Waals surface area contributed by atoms with Gasteiger partial charge in [0.05, 0.1) is 5.92 Å². The van der Waals surface area contributed by atoms with Crippen molar-refractivity contribution in [2.75, 3.05) is 40.5 Å². The van der Waals surface area contributed by atoms with E-state index in [1.54, 1.807) is 21.0 Å². The van der Waals surface area contributed by atoms with E-state index in [2.05, 4.69) is 36.3 Å². The second kappa shape index (κ2) is 27.7. The number of allylic oxidation sites excluding steroid dienone is 1. The minimum absolute atomic E-state index is 0.0433. The second-order valence-electron chi connectivity index (χ2n) is 12.2. The number of hydrogen-bond donors (Lipinski definition) is 2. The van der Waals surface area contributed by atoms with E-state index in [1.165, 1.54) is 54.2 Å². The van der Waals surface area contributed by atoms with Gasteiger partial charge < -0.3 is 15.5 Å². The molecule has 1 saturated carbocycles. The molecule has 1 aliphatic rings. The van der Waals surface area contributed by atoms with Crippen LogP contribution in [0, 0.1) is 42.4 Å². The van der Waals surface area contributed by atoms with E-state index >= 15 is 0 Å². The van der Waals surface area contributed by atoms with Crippen LogP contribution in [0.25, 0.3) is 0 Å². The lowest BCUT2D eigenvalue weighted by Crippen LogP contribution is -2.38. The Kier molecular flexibility index (Phi) is 25.5. The van der Waals surface area contributed by atoms with Crippen molar-refractivity contribution in [1.82, 2.24) is 20.4 Å². The molecule has 7 nitrogen and oxygen atoms in total. The molecule has 0 radical (unpaired) electrons. The van der Waals surface area contributed by atoms with E-state index < -0.39 is 12.7 Å². The van der Waals surface area contributed by atoms with Crippen molar-refractivity contribution in [2.24, 2.45) is 17.8 Å². The molecule has 1 aromatic carbocycles. The molecule has 8 heteroatoms. The van der Waals surface area contributed by atoms with E-state index in [0.29, 0.717) is 25.4 Å². The molecule has 0 heterocycles. The first-order valence-corrected chi connectivity index (χ1v) is 16.7. The fraction of sp³-hybridized carbons (Fsp3) is 0.605. The lowest BCUT2D eigenvalue weighted by atomic mass is 9.91. The predicted octanol–water partition coefficient (Wildman–Crippen LogP) is 6.35. The number of alkyl halides is 1. The van der Waals surface area contributed by atoms with Gasteiger partial charge in [-0.3, -0.25) is 19.3 Å². The van der Waals surface area contributed by atoms with Gasteiger partial charge in [-0.2, -0.15) is 0 Å². The third-order valence-electron chi connectivity index (χ3n) is 7.90. The minimum Gasteiger partial charge on any atom is -0.356 e. The molecule has 0 aromatic heterocycles. The Hall–Kier alpha value is -3.62. The van der Waals surface area contributed by atoms with Gasteiger partial charge >= 0.3 is 0 Å². The quantitative estimate of drug-likeness (QED) is 0.163. The van der Waals surface area contributed by atoms with Crippen LogP contribution in [-0.4, -0.2) is 68.0 Å². The number of likely N-dealkylation sites (N-methyl/N-ethyl adjacent to an activating group) is 2. The monoisotopic (exact) mass is 638 g/mol. The zero-order valence-electron chi connectivity index (χ0n) is 29.0. The molecular formula is C38H59FN4O3. The number of benzene rings is 1. The summed E-state index contributed by atoms with van der Waals surface area (Å²) in [6.07, 6.45) is 25.2. The van der Waals surface area contributed by atoms with E-state index in [0.717, 1.165) is 43.7 Å². The number of halogens is 1. The summed E-state index contributed by atoms with van der Waals surface area (Å²) >= 11 is 0. The van der Waals surface area contributed by atoms with Gasteiger partial charge in [0.15, 0.2) is 0 Å². The molecule has 3 amide bonds. The van der Waals surface area contributed by atoms with Gasteiger partial charge in [0.25, 0.3) is 0 Å². The van der Waals surface area contributed by atoms with E-state index in [-0.39, 0.29) is 24.1 Å². The number of nitrogens with one attached hydrogen (secondary N) is 2. The molecular weight excluding hydrogens is 579 g/mol. The van der Waals surface area contributed by atoms with Crippen LogP contribution in [0.2, 0.25) is 0 Å². The Morgan fingerprint density at radius 3 is 2.26 bits per heavy atom. The standard InChI is InChI=1S/C20H26FN3O2.C11H19NO.C7H14/c1-4-5-11-22-20(26)18(14-17-9-7-6-8-10-17)15-19(25)24(3)13-12-23(2)16-21;1-4-6-8-11(7-5-2)9-12-10(3)13;1-7-5-3-2-4-6-7/h1,5-11,18H,12-16H2,2-3H3,(H,22,26);1,11H,5-9H2,2-3H3,(H,12,13);7H,2-6H2,1H3/b11-5+;;/t18-;;/m1../s1. The average molecular weight is 639 g/mol. The van der Waals surface area contributed by atoms with Gasteiger partial charge in [-0.05, 0) is 43.7 Å². The molecule has 0 bridgehead atoms. The molecule has 46 heavy (non-hydrogen) atoms. The minimum atomic E-state index is -0.567. The third-order valence-corrected chi connectivity index (χ3v) is 7.90. The van der Waals surface area contributed by atoms with Crippen molar-refractivity contribution >= 4 is 17.7 Å². The first-order chi connectivity index (χ1) is 22.1. The number of rotatable bonds is 16. The normalized spacial score (nSPS) is 13.9.